The normalized spacial score (nSPS) is 15.5. The van der Waals surface area contributed by atoms with Crippen LogP contribution in [0.2, 0.25) is 0 Å². The molecule has 3 aromatic rings. The van der Waals surface area contributed by atoms with E-state index in [0.717, 1.165) is 59.9 Å². The van der Waals surface area contributed by atoms with E-state index in [2.05, 4.69) is 40.8 Å². The molecule has 4 rings (SSSR count). The number of hydrogen-bond donors (Lipinski definition) is 0. The highest BCUT2D eigenvalue weighted by Crippen LogP contribution is 2.29. The number of ether oxygens (including phenoxy) is 1. The maximum atomic E-state index is 5.80. The van der Waals surface area contributed by atoms with Crippen LogP contribution in [0.15, 0.2) is 41.3 Å². The molecule has 26 heavy (non-hydrogen) atoms. The van der Waals surface area contributed by atoms with Crippen LogP contribution in [0.3, 0.4) is 0 Å². The van der Waals surface area contributed by atoms with Crippen LogP contribution in [0.5, 0.6) is 5.75 Å². The molecule has 1 aliphatic heterocycles. The van der Waals surface area contributed by atoms with Crippen molar-refractivity contribution in [2.24, 2.45) is 7.05 Å². The Hall–Kier alpha value is -2.19. The molecule has 0 N–H and O–H groups in total. The highest BCUT2D eigenvalue weighted by Gasteiger charge is 2.22. The summed E-state index contributed by atoms with van der Waals surface area (Å²) in [6.45, 7) is 5.47. The van der Waals surface area contributed by atoms with Crippen molar-refractivity contribution in [3.63, 3.8) is 0 Å². The van der Waals surface area contributed by atoms with Crippen LogP contribution in [0.4, 0.5) is 5.82 Å². The van der Waals surface area contributed by atoms with Gasteiger partial charge in [-0.2, -0.15) is 5.10 Å². The quantitative estimate of drug-likeness (QED) is 0.635. The molecule has 1 aromatic carbocycles. The number of benzene rings is 1. The zero-order valence-corrected chi connectivity index (χ0v) is 16.3. The van der Waals surface area contributed by atoms with E-state index in [-0.39, 0.29) is 0 Å². The van der Waals surface area contributed by atoms with Crippen LogP contribution in [-0.2, 0) is 7.05 Å². The van der Waals surface area contributed by atoms with E-state index in [1.165, 1.54) is 0 Å². The molecule has 0 aliphatic carbocycles. The smallest absolute Gasteiger partial charge is 0.164 e. The van der Waals surface area contributed by atoms with Gasteiger partial charge >= 0.3 is 0 Å². The third-order valence-electron chi connectivity index (χ3n) is 4.65. The number of aryl methyl sites for hydroxylation is 1. The van der Waals surface area contributed by atoms with Crippen molar-refractivity contribution in [1.29, 1.82) is 0 Å². The predicted octanol–water partition coefficient (Wildman–Crippen LogP) is 2.33. The summed E-state index contributed by atoms with van der Waals surface area (Å²) in [5.41, 5.74) is 0.848. The number of hydrogen-bond acceptors (Lipinski definition) is 6. The topological polar surface area (TPSA) is 59.3 Å². The average Bonchev–Trinajstić information content (AvgIpc) is 2.97. The second-order valence-electron chi connectivity index (χ2n) is 6.30. The number of halogens is 1. The van der Waals surface area contributed by atoms with Gasteiger partial charge in [0.2, 0.25) is 0 Å². The summed E-state index contributed by atoms with van der Waals surface area (Å²) in [5.74, 6) is 1.88. The van der Waals surface area contributed by atoms with Gasteiger partial charge in [0.25, 0.3) is 0 Å². The molecule has 0 spiro atoms. The number of anilines is 1. The molecule has 1 saturated heterocycles. The molecular weight excluding hydrogens is 396 g/mol. The zero-order valence-electron chi connectivity index (χ0n) is 14.7. The SMILES string of the molecule is Cn1nc(Br)c2c(N3CCN(CCOc4ccccc4)CC3)ncnc21. The van der Waals surface area contributed by atoms with Gasteiger partial charge in [-0.25, -0.2) is 14.6 Å². The lowest BCUT2D eigenvalue weighted by atomic mass is 10.3. The lowest BCUT2D eigenvalue weighted by Crippen LogP contribution is -2.47. The van der Waals surface area contributed by atoms with Gasteiger partial charge in [0.1, 0.15) is 29.1 Å². The van der Waals surface area contributed by atoms with Crippen molar-refractivity contribution in [2.45, 2.75) is 0 Å². The maximum absolute atomic E-state index is 5.80. The Morgan fingerprint density at radius 3 is 2.62 bits per heavy atom. The fourth-order valence-corrected chi connectivity index (χ4v) is 3.85. The van der Waals surface area contributed by atoms with E-state index in [9.17, 15) is 0 Å². The molecule has 8 heteroatoms. The minimum absolute atomic E-state index is 0.704. The van der Waals surface area contributed by atoms with Crippen molar-refractivity contribution in [3.8, 4) is 5.75 Å². The van der Waals surface area contributed by atoms with E-state index in [0.29, 0.717) is 6.61 Å². The molecule has 1 fully saturated rings. The lowest BCUT2D eigenvalue weighted by molar-refractivity contribution is 0.200. The highest BCUT2D eigenvalue weighted by molar-refractivity contribution is 9.10. The summed E-state index contributed by atoms with van der Waals surface area (Å²) < 4.78 is 8.38. The molecule has 0 unspecified atom stereocenters. The molecule has 0 atom stereocenters. The van der Waals surface area contributed by atoms with E-state index in [4.69, 9.17) is 4.74 Å². The van der Waals surface area contributed by atoms with Crippen LogP contribution in [-0.4, -0.2) is 64.0 Å². The second-order valence-corrected chi connectivity index (χ2v) is 7.05. The molecule has 0 saturated carbocycles. The molecule has 136 valence electrons. The van der Waals surface area contributed by atoms with Crippen molar-refractivity contribution < 1.29 is 4.74 Å². The van der Waals surface area contributed by atoms with Crippen molar-refractivity contribution in [3.05, 3.63) is 41.3 Å². The van der Waals surface area contributed by atoms with Crippen LogP contribution in [0.25, 0.3) is 11.0 Å². The Balaban J connectivity index is 1.35. The van der Waals surface area contributed by atoms with Gasteiger partial charge in [0, 0.05) is 39.8 Å². The Morgan fingerprint density at radius 2 is 1.85 bits per heavy atom. The minimum Gasteiger partial charge on any atom is -0.492 e. The minimum atomic E-state index is 0.704. The van der Waals surface area contributed by atoms with Crippen LogP contribution >= 0.6 is 15.9 Å². The highest BCUT2D eigenvalue weighted by atomic mass is 79.9. The number of para-hydroxylation sites is 1. The maximum Gasteiger partial charge on any atom is 0.164 e. The van der Waals surface area contributed by atoms with Gasteiger partial charge in [-0.1, -0.05) is 18.2 Å². The van der Waals surface area contributed by atoms with Gasteiger partial charge < -0.3 is 9.64 Å². The molecule has 2 aromatic heterocycles. The Labute approximate surface area is 160 Å². The first-order chi connectivity index (χ1) is 12.7. The third-order valence-corrected chi connectivity index (χ3v) is 5.20. The number of aromatic nitrogens is 4. The van der Waals surface area contributed by atoms with E-state index < -0.39 is 0 Å². The second kappa shape index (κ2) is 7.59. The molecule has 3 heterocycles. The summed E-state index contributed by atoms with van der Waals surface area (Å²) in [6, 6.07) is 9.96. The molecule has 0 radical (unpaired) electrons. The first kappa shape index (κ1) is 17.2. The average molecular weight is 417 g/mol. The van der Waals surface area contributed by atoms with Gasteiger partial charge in [0.15, 0.2) is 5.65 Å². The largest absolute Gasteiger partial charge is 0.492 e. The predicted molar refractivity (Wildman–Crippen MR) is 105 cm³/mol. The monoisotopic (exact) mass is 416 g/mol. The molecule has 0 amide bonds. The van der Waals surface area contributed by atoms with Gasteiger partial charge in [-0.15, -0.1) is 0 Å². The Morgan fingerprint density at radius 1 is 1.08 bits per heavy atom. The van der Waals surface area contributed by atoms with Crippen LogP contribution in [0, 0.1) is 0 Å². The molecule has 1 aliphatic rings. The molecule has 7 nitrogen and oxygen atoms in total. The van der Waals surface area contributed by atoms with E-state index in [1.807, 2.05) is 37.4 Å². The van der Waals surface area contributed by atoms with Gasteiger partial charge in [0.05, 0.1) is 5.39 Å². The van der Waals surface area contributed by atoms with E-state index in [1.54, 1.807) is 11.0 Å². The first-order valence-electron chi connectivity index (χ1n) is 8.71. The third kappa shape index (κ3) is 3.52. The van der Waals surface area contributed by atoms with Crippen molar-refractivity contribution in [1.82, 2.24) is 24.6 Å². The molecule has 0 bridgehead atoms. The lowest BCUT2D eigenvalue weighted by Gasteiger charge is -2.35. The number of piperazine rings is 1. The van der Waals surface area contributed by atoms with E-state index >= 15 is 0 Å². The van der Waals surface area contributed by atoms with Crippen molar-refractivity contribution in [2.75, 3.05) is 44.2 Å². The van der Waals surface area contributed by atoms with Crippen LogP contribution < -0.4 is 9.64 Å². The molecular formula is C18H21BrN6O. The Bertz CT molecular complexity index is 876. The van der Waals surface area contributed by atoms with Crippen molar-refractivity contribution >= 4 is 32.8 Å². The summed E-state index contributed by atoms with van der Waals surface area (Å²) in [5, 5.41) is 5.39. The summed E-state index contributed by atoms with van der Waals surface area (Å²) in [6.07, 6.45) is 1.62. The summed E-state index contributed by atoms with van der Waals surface area (Å²) in [7, 11) is 1.90. The number of rotatable bonds is 5. The number of nitrogens with zero attached hydrogens (tertiary/aromatic N) is 6. The zero-order chi connectivity index (χ0) is 17.9. The first-order valence-corrected chi connectivity index (χ1v) is 9.50. The number of fused-ring (bicyclic) bond motifs is 1. The van der Waals surface area contributed by atoms with Gasteiger partial charge in [-0.05, 0) is 28.1 Å². The standard InChI is InChI=1S/C18H21BrN6O/c1-23-17-15(16(19)22-23)18(21-13-20-17)25-9-7-24(8-10-25)11-12-26-14-5-3-2-4-6-14/h2-6,13H,7-12H2,1H3. The fourth-order valence-electron chi connectivity index (χ4n) is 3.26. The van der Waals surface area contributed by atoms with Gasteiger partial charge in [-0.3, -0.25) is 4.90 Å². The fraction of sp³-hybridized carbons (Fsp3) is 0.389. The summed E-state index contributed by atoms with van der Waals surface area (Å²) >= 11 is 3.54. The Kier molecular flexibility index (Phi) is 5.03. The van der Waals surface area contributed by atoms with Crippen LogP contribution in [0.1, 0.15) is 0 Å². The summed E-state index contributed by atoms with van der Waals surface area (Å²) in [4.78, 5) is 13.6.